The van der Waals surface area contributed by atoms with E-state index in [1.54, 1.807) is 0 Å². The molecule has 1 fully saturated rings. The van der Waals surface area contributed by atoms with Gasteiger partial charge in [0.05, 0.1) is 12.0 Å². The Hall–Kier alpha value is -0.830. The fourth-order valence-corrected chi connectivity index (χ4v) is 2.76. The Kier molecular flexibility index (Phi) is 3.64. The quantitative estimate of drug-likeness (QED) is 0.849. The molecule has 90 valence electrons. The number of nitrogens with zero attached hydrogens (tertiary/aromatic N) is 2. The monoisotopic (exact) mass is 221 g/mol. The van der Waals surface area contributed by atoms with Crippen LogP contribution in [0.1, 0.15) is 38.8 Å². The van der Waals surface area contributed by atoms with Crippen molar-refractivity contribution in [1.29, 1.82) is 0 Å². The molecule has 0 spiro atoms. The topological polar surface area (TPSA) is 29.9 Å². The van der Waals surface area contributed by atoms with Crippen molar-refractivity contribution in [3.05, 3.63) is 18.2 Å². The van der Waals surface area contributed by atoms with Crippen molar-refractivity contribution in [1.82, 2.24) is 14.9 Å². The summed E-state index contributed by atoms with van der Waals surface area (Å²) < 4.78 is 2.09. The molecule has 1 aliphatic rings. The third-order valence-corrected chi connectivity index (χ3v) is 3.89. The highest BCUT2D eigenvalue weighted by molar-refractivity contribution is 4.97. The summed E-state index contributed by atoms with van der Waals surface area (Å²) in [4.78, 5) is 4.14. The summed E-state index contributed by atoms with van der Waals surface area (Å²) in [5.41, 5.74) is 1.27. The van der Waals surface area contributed by atoms with Crippen molar-refractivity contribution in [3.8, 4) is 0 Å². The minimum atomic E-state index is 0.686. The summed E-state index contributed by atoms with van der Waals surface area (Å²) >= 11 is 0. The van der Waals surface area contributed by atoms with Gasteiger partial charge in [-0.25, -0.2) is 4.98 Å². The molecule has 1 N–H and O–H groups in total. The lowest BCUT2D eigenvalue weighted by molar-refractivity contribution is 0.226. The first-order chi connectivity index (χ1) is 7.66. The summed E-state index contributed by atoms with van der Waals surface area (Å²) in [7, 11) is 2.05. The molecule has 3 heteroatoms. The summed E-state index contributed by atoms with van der Waals surface area (Å²) in [6.45, 7) is 5.68. The van der Waals surface area contributed by atoms with Crippen LogP contribution in [0.25, 0.3) is 0 Å². The maximum absolute atomic E-state index is 4.14. The van der Waals surface area contributed by atoms with Crippen molar-refractivity contribution in [2.24, 2.45) is 18.9 Å². The largest absolute Gasteiger partial charge is 0.337 e. The lowest BCUT2D eigenvalue weighted by Crippen LogP contribution is -2.38. The van der Waals surface area contributed by atoms with Crippen LogP contribution in [0.3, 0.4) is 0 Å². The van der Waals surface area contributed by atoms with Gasteiger partial charge >= 0.3 is 0 Å². The van der Waals surface area contributed by atoms with Crippen LogP contribution in [-0.4, -0.2) is 15.6 Å². The fraction of sp³-hybridized carbons (Fsp3) is 0.769. The molecular weight excluding hydrogens is 198 g/mol. The molecule has 0 bridgehead atoms. The van der Waals surface area contributed by atoms with Gasteiger partial charge in [-0.15, -0.1) is 0 Å². The van der Waals surface area contributed by atoms with Crippen LogP contribution >= 0.6 is 0 Å². The summed E-state index contributed by atoms with van der Waals surface area (Å²) in [5, 5.41) is 3.67. The van der Waals surface area contributed by atoms with Crippen LogP contribution in [0.2, 0.25) is 0 Å². The second-order valence-electron chi connectivity index (χ2n) is 5.38. The number of nitrogens with one attached hydrogen (secondary N) is 1. The van der Waals surface area contributed by atoms with Crippen molar-refractivity contribution in [3.63, 3.8) is 0 Å². The Morgan fingerprint density at radius 2 is 2.25 bits per heavy atom. The van der Waals surface area contributed by atoms with Crippen LogP contribution in [-0.2, 0) is 13.6 Å². The van der Waals surface area contributed by atoms with E-state index in [1.807, 2.05) is 12.5 Å². The maximum Gasteiger partial charge on any atom is 0.0945 e. The molecule has 2 rings (SSSR count). The molecule has 0 amide bonds. The van der Waals surface area contributed by atoms with E-state index in [0.717, 1.165) is 18.4 Å². The molecule has 1 aromatic heterocycles. The third-order valence-electron chi connectivity index (χ3n) is 3.89. The molecule has 1 aromatic rings. The highest BCUT2D eigenvalue weighted by Gasteiger charge is 2.24. The van der Waals surface area contributed by atoms with E-state index in [1.165, 1.54) is 25.0 Å². The number of rotatable bonds is 3. The summed E-state index contributed by atoms with van der Waals surface area (Å²) in [6, 6.07) is 0.686. The molecule has 1 saturated carbocycles. The van der Waals surface area contributed by atoms with Gasteiger partial charge in [0.25, 0.3) is 0 Å². The Labute approximate surface area is 98.3 Å². The molecule has 0 radical (unpaired) electrons. The van der Waals surface area contributed by atoms with Gasteiger partial charge in [0.2, 0.25) is 0 Å². The van der Waals surface area contributed by atoms with Gasteiger partial charge in [-0.1, -0.05) is 13.8 Å². The zero-order valence-corrected chi connectivity index (χ0v) is 10.6. The van der Waals surface area contributed by atoms with Gasteiger partial charge in [0, 0.05) is 25.8 Å². The van der Waals surface area contributed by atoms with Crippen LogP contribution in [0.15, 0.2) is 12.5 Å². The first-order valence-electron chi connectivity index (χ1n) is 6.35. The van der Waals surface area contributed by atoms with Gasteiger partial charge < -0.3 is 9.88 Å². The number of imidazole rings is 1. The number of hydrogen-bond acceptors (Lipinski definition) is 2. The van der Waals surface area contributed by atoms with Gasteiger partial charge in [-0.3, -0.25) is 0 Å². The molecular formula is C13H23N3. The third kappa shape index (κ3) is 2.64. The van der Waals surface area contributed by atoms with Gasteiger partial charge in [-0.05, 0) is 31.1 Å². The van der Waals surface area contributed by atoms with Crippen LogP contribution in [0.5, 0.6) is 0 Å². The molecule has 16 heavy (non-hydrogen) atoms. The van der Waals surface area contributed by atoms with E-state index < -0.39 is 0 Å². The van der Waals surface area contributed by atoms with Crippen LogP contribution < -0.4 is 5.32 Å². The SMILES string of the molecule is CC1CCC(NCc2cncn2C)C(C)C1. The van der Waals surface area contributed by atoms with Crippen molar-refractivity contribution < 1.29 is 0 Å². The Balaban J connectivity index is 1.84. The highest BCUT2D eigenvalue weighted by atomic mass is 15.1. The molecule has 0 saturated heterocycles. The molecule has 1 heterocycles. The average molecular weight is 221 g/mol. The Bertz CT molecular complexity index is 332. The van der Waals surface area contributed by atoms with Crippen LogP contribution in [0.4, 0.5) is 0 Å². The van der Waals surface area contributed by atoms with Crippen molar-refractivity contribution >= 4 is 0 Å². The molecule has 3 atom stereocenters. The van der Waals surface area contributed by atoms with Crippen molar-refractivity contribution in [2.45, 2.75) is 45.7 Å². The van der Waals surface area contributed by atoms with E-state index in [0.29, 0.717) is 6.04 Å². The second-order valence-corrected chi connectivity index (χ2v) is 5.38. The fourth-order valence-electron chi connectivity index (χ4n) is 2.76. The number of hydrogen-bond donors (Lipinski definition) is 1. The summed E-state index contributed by atoms with van der Waals surface area (Å²) in [6.07, 6.45) is 7.86. The minimum Gasteiger partial charge on any atom is -0.337 e. The molecule has 1 aliphatic carbocycles. The zero-order chi connectivity index (χ0) is 11.5. The van der Waals surface area contributed by atoms with Gasteiger partial charge in [0.15, 0.2) is 0 Å². The molecule has 3 nitrogen and oxygen atoms in total. The van der Waals surface area contributed by atoms with E-state index in [-0.39, 0.29) is 0 Å². The smallest absolute Gasteiger partial charge is 0.0945 e. The van der Waals surface area contributed by atoms with Crippen molar-refractivity contribution in [2.75, 3.05) is 0 Å². The Morgan fingerprint density at radius 3 is 2.88 bits per heavy atom. The normalized spacial score (nSPS) is 30.6. The summed E-state index contributed by atoms with van der Waals surface area (Å²) in [5.74, 6) is 1.71. The zero-order valence-electron chi connectivity index (χ0n) is 10.6. The Morgan fingerprint density at radius 1 is 1.44 bits per heavy atom. The molecule has 0 aromatic carbocycles. The van der Waals surface area contributed by atoms with E-state index in [9.17, 15) is 0 Å². The highest BCUT2D eigenvalue weighted by Crippen LogP contribution is 2.28. The second kappa shape index (κ2) is 5.00. The lowest BCUT2D eigenvalue weighted by Gasteiger charge is -2.33. The predicted octanol–water partition coefficient (Wildman–Crippen LogP) is 2.33. The lowest BCUT2D eigenvalue weighted by atomic mass is 9.80. The van der Waals surface area contributed by atoms with E-state index in [2.05, 4.69) is 35.8 Å². The van der Waals surface area contributed by atoms with E-state index in [4.69, 9.17) is 0 Å². The average Bonchev–Trinajstić information content (AvgIpc) is 2.63. The first-order valence-corrected chi connectivity index (χ1v) is 6.35. The van der Waals surface area contributed by atoms with Gasteiger partial charge in [0.1, 0.15) is 0 Å². The standard InChI is InChI=1S/C13H23N3/c1-10-4-5-13(11(2)6-10)15-8-12-7-14-9-16(12)3/h7,9-11,13,15H,4-6,8H2,1-3H3. The van der Waals surface area contributed by atoms with Crippen LogP contribution in [0, 0.1) is 11.8 Å². The predicted molar refractivity (Wildman–Crippen MR) is 66.0 cm³/mol. The maximum atomic E-state index is 4.14. The number of aryl methyl sites for hydroxylation is 1. The molecule has 3 unspecified atom stereocenters. The van der Waals surface area contributed by atoms with Gasteiger partial charge in [-0.2, -0.15) is 0 Å². The molecule has 0 aliphatic heterocycles. The number of aromatic nitrogens is 2. The van der Waals surface area contributed by atoms with E-state index >= 15 is 0 Å². The first kappa shape index (κ1) is 11.6. The minimum absolute atomic E-state index is 0.686.